The van der Waals surface area contributed by atoms with Gasteiger partial charge < -0.3 is 20.5 Å². The van der Waals surface area contributed by atoms with Gasteiger partial charge in [0, 0.05) is 5.02 Å². The Hall–Kier alpha value is -2.58. The first-order valence-electron chi connectivity index (χ1n) is 7.13. The molecule has 0 saturated heterocycles. The van der Waals surface area contributed by atoms with E-state index in [-0.39, 0.29) is 12.2 Å². The van der Waals surface area contributed by atoms with E-state index in [1.54, 1.807) is 29.6 Å². The molecule has 7 nitrogen and oxygen atoms in total. The van der Waals surface area contributed by atoms with Gasteiger partial charge in [0.25, 0.3) is 11.8 Å². The van der Waals surface area contributed by atoms with E-state index in [4.69, 9.17) is 26.8 Å². The van der Waals surface area contributed by atoms with Crippen LogP contribution in [-0.4, -0.2) is 30.5 Å². The lowest BCUT2D eigenvalue weighted by molar-refractivity contribution is -0.155. The summed E-state index contributed by atoms with van der Waals surface area (Å²) in [6.07, 6.45) is -1.07. The molecule has 0 aliphatic heterocycles. The largest absolute Gasteiger partial charge is 0.482 e. The Labute approximate surface area is 152 Å². The Kier molecular flexibility index (Phi) is 6.37. The van der Waals surface area contributed by atoms with Crippen LogP contribution in [0.5, 0.6) is 5.75 Å². The maximum absolute atomic E-state index is 12.0. The van der Waals surface area contributed by atoms with E-state index in [9.17, 15) is 14.4 Å². The number of benzene rings is 1. The number of halogens is 1. The van der Waals surface area contributed by atoms with Crippen molar-refractivity contribution in [3.63, 3.8) is 0 Å². The van der Waals surface area contributed by atoms with Crippen molar-refractivity contribution in [3.8, 4) is 5.75 Å². The highest BCUT2D eigenvalue weighted by atomic mass is 35.5. The van der Waals surface area contributed by atoms with Crippen molar-refractivity contribution in [2.45, 2.75) is 13.0 Å². The van der Waals surface area contributed by atoms with E-state index in [0.717, 1.165) is 11.3 Å². The van der Waals surface area contributed by atoms with Crippen molar-refractivity contribution in [3.05, 3.63) is 46.3 Å². The fraction of sp³-hybridized carbons (Fsp3) is 0.188. The van der Waals surface area contributed by atoms with Gasteiger partial charge in [0.2, 0.25) is 0 Å². The molecule has 0 aliphatic rings. The summed E-state index contributed by atoms with van der Waals surface area (Å²) in [5.41, 5.74) is 5.40. The molecule has 2 amide bonds. The van der Waals surface area contributed by atoms with Crippen molar-refractivity contribution in [2.24, 2.45) is 5.73 Å². The Morgan fingerprint density at radius 2 is 1.92 bits per heavy atom. The van der Waals surface area contributed by atoms with Crippen molar-refractivity contribution < 1.29 is 23.9 Å². The number of nitrogens with two attached hydrogens (primary N) is 1. The highest BCUT2D eigenvalue weighted by Gasteiger charge is 2.20. The minimum absolute atomic E-state index is 0.197. The first-order valence-corrected chi connectivity index (χ1v) is 8.38. The van der Waals surface area contributed by atoms with Crippen molar-refractivity contribution in [2.75, 3.05) is 11.9 Å². The van der Waals surface area contributed by atoms with E-state index in [1.165, 1.54) is 13.0 Å². The van der Waals surface area contributed by atoms with Gasteiger partial charge in [-0.25, -0.2) is 4.79 Å². The number of carbonyl (C=O) groups is 3. The zero-order chi connectivity index (χ0) is 18.4. The van der Waals surface area contributed by atoms with Crippen LogP contribution in [0.25, 0.3) is 0 Å². The molecule has 132 valence electrons. The number of esters is 1. The molecule has 0 radical (unpaired) electrons. The van der Waals surface area contributed by atoms with Crippen LogP contribution in [0.15, 0.2) is 35.7 Å². The topological polar surface area (TPSA) is 108 Å². The molecular formula is C16H15ClN2O5S. The minimum atomic E-state index is -1.07. The molecule has 1 aromatic carbocycles. The van der Waals surface area contributed by atoms with Crippen LogP contribution >= 0.6 is 22.9 Å². The van der Waals surface area contributed by atoms with Gasteiger partial charge >= 0.3 is 5.97 Å². The molecule has 2 rings (SSSR count). The summed E-state index contributed by atoms with van der Waals surface area (Å²) in [6, 6.07) is 7.95. The van der Waals surface area contributed by atoms with Crippen molar-refractivity contribution >= 4 is 45.7 Å². The number of rotatable bonds is 7. The van der Waals surface area contributed by atoms with Crippen LogP contribution in [0.1, 0.15) is 17.3 Å². The number of hydrogen-bond donors (Lipinski definition) is 2. The molecule has 2 aromatic rings. The van der Waals surface area contributed by atoms with Crippen LogP contribution in [0.2, 0.25) is 5.02 Å². The number of anilines is 1. The van der Waals surface area contributed by atoms with E-state index >= 15 is 0 Å². The molecule has 1 atom stereocenters. The van der Waals surface area contributed by atoms with E-state index in [0.29, 0.717) is 15.8 Å². The number of thiophene rings is 1. The van der Waals surface area contributed by atoms with Crippen LogP contribution in [0, 0.1) is 0 Å². The molecule has 9 heteroatoms. The molecular weight excluding hydrogens is 368 g/mol. The average molecular weight is 383 g/mol. The normalized spacial score (nSPS) is 11.4. The molecule has 0 bridgehead atoms. The number of carbonyl (C=O) groups excluding carboxylic acids is 3. The van der Waals surface area contributed by atoms with Gasteiger partial charge in [0.1, 0.15) is 10.8 Å². The number of nitrogens with one attached hydrogen (secondary N) is 1. The lowest BCUT2D eigenvalue weighted by Gasteiger charge is -2.13. The summed E-state index contributed by atoms with van der Waals surface area (Å²) >= 11 is 6.89. The quantitative estimate of drug-likeness (QED) is 0.715. The van der Waals surface area contributed by atoms with Gasteiger partial charge in [0.15, 0.2) is 12.7 Å². The Morgan fingerprint density at radius 1 is 1.24 bits per heavy atom. The summed E-state index contributed by atoms with van der Waals surface area (Å²) in [4.78, 5) is 35.0. The molecule has 3 N–H and O–H groups in total. The molecule has 0 saturated carbocycles. The number of ether oxygens (including phenoxy) is 2. The summed E-state index contributed by atoms with van der Waals surface area (Å²) in [5, 5.41) is 4.97. The second kappa shape index (κ2) is 8.50. The van der Waals surface area contributed by atoms with E-state index in [2.05, 4.69) is 5.32 Å². The zero-order valence-electron chi connectivity index (χ0n) is 13.2. The summed E-state index contributed by atoms with van der Waals surface area (Å²) in [7, 11) is 0. The second-order valence-corrected chi connectivity index (χ2v) is 6.24. The van der Waals surface area contributed by atoms with Gasteiger partial charge in [-0.05, 0) is 42.6 Å². The number of primary amides is 1. The molecule has 1 aromatic heterocycles. The zero-order valence-corrected chi connectivity index (χ0v) is 14.7. The van der Waals surface area contributed by atoms with Crippen LogP contribution in [-0.2, 0) is 14.3 Å². The molecule has 1 heterocycles. The fourth-order valence-corrected chi connectivity index (χ4v) is 2.69. The standard InChI is InChI=1S/C16H15ClN2O5S/c1-9(15(22)19-16-12(14(18)21)6-7-25-16)24-13(20)8-23-11-4-2-10(17)3-5-11/h2-7,9H,8H2,1H3,(H2,18,21)(H,19,22)/t9-/m0/s1. The van der Waals surface area contributed by atoms with Gasteiger partial charge in [0.05, 0.1) is 5.56 Å². The average Bonchev–Trinajstić information content (AvgIpc) is 3.02. The Morgan fingerprint density at radius 3 is 2.56 bits per heavy atom. The summed E-state index contributed by atoms with van der Waals surface area (Å²) in [6.45, 7) is 1.05. The molecule has 25 heavy (non-hydrogen) atoms. The maximum Gasteiger partial charge on any atom is 0.344 e. The third kappa shape index (κ3) is 5.47. The molecule has 0 fully saturated rings. The minimum Gasteiger partial charge on any atom is -0.482 e. The Balaban J connectivity index is 1.83. The first-order chi connectivity index (χ1) is 11.9. The summed E-state index contributed by atoms with van der Waals surface area (Å²) in [5.74, 6) is -1.50. The maximum atomic E-state index is 12.0. The highest BCUT2D eigenvalue weighted by Crippen LogP contribution is 2.23. The third-order valence-corrected chi connectivity index (χ3v) is 4.10. The number of amides is 2. The smallest absolute Gasteiger partial charge is 0.344 e. The van der Waals surface area contributed by atoms with E-state index < -0.39 is 23.9 Å². The molecule has 0 aliphatic carbocycles. The van der Waals surface area contributed by atoms with Gasteiger partial charge in [-0.3, -0.25) is 9.59 Å². The van der Waals surface area contributed by atoms with Gasteiger partial charge in [-0.1, -0.05) is 11.6 Å². The van der Waals surface area contributed by atoms with Gasteiger partial charge in [-0.15, -0.1) is 11.3 Å². The van der Waals surface area contributed by atoms with Crippen molar-refractivity contribution in [1.82, 2.24) is 0 Å². The molecule has 0 spiro atoms. The molecule has 0 unspecified atom stereocenters. The highest BCUT2D eigenvalue weighted by molar-refractivity contribution is 7.14. The monoisotopic (exact) mass is 382 g/mol. The Bertz CT molecular complexity index is 775. The first kappa shape index (κ1) is 18.8. The van der Waals surface area contributed by atoms with E-state index in [1.807, 2.05) is 0 Å². The van der Waals surface area contributed by atoms with Crippen LogP contribution in [0.3, 0.4) is 0 Å². The van der Waals surface area contributed by atoms with Crippen molar-refractivity contribution in [1.29, 1.82) is 0 Å². The predicted molar refractivity (Wildman–Crippen MR) is 94.0 cm³/mol. The van der Waals surface area contributed by atoms with Gasteiger partial charge in [-0.2, -0.15) is 0 Å². The third-order valence-electron chi connectivity index (χ3n) is 3.02. The number of hydrogen-bond acceptors (Lipinski definition) is 6. The lowest BCUT2D eigenvalue weighted by Crippen LogP contribution is -2.32. The predicted octanol–water partition coefficient (Wildman–Crippen LogP) is 2.45. The second-order valence-electron chi connectivity index (χ2n) is 4.89. The van der Waals surface area contributed by atoms with Crippen LogP contribution in [0.4, 0.5) is 5.00 Å². The SMILES string of the molecule is C[C@H](OC(=O)COc1ccc(Cl)cc1)C(=O)Nc1sccc1C(N)=O. The summed E-state index contributed by atoms with van der Waals surface area (Å²) < 4.78 is 10.2. The fourth-order valence-electron chi connectivity index (χ4n) is 1.77. The van der Waals surface area contributed by atoms with Crippen LogP contribution < -0.4 is 15.8 Å². The lowest BCUT2D eigenvalue weighted by atomic mass is 10.3.